The van der Waals surface area contributed by atoms with Crippen LogP contribution >= 0.6 is 24.0 Å². The Morgan fingerprint density at radius 2 is 2.00 bits per heavy atom. The van der Waals surface area contributed by atoms with E-state index in [0.717, 1.165) is 37.0 Å². The normalized spacial score (nSPS) is 13.0. The van der Waals surface area contributed by atoms with E-state index in [1.165, 1.54) is 12.4 Å². The minimum Gasteiger partial charge on any atom is -0.357 e. The monoisotopic (exact) mass is 486 g/mol. The Hall–Kier alpha value is -0.970. The van der Waals surface area contributed by atoms with Crippen LogP contribution in [0, 0.1) is 0 Å². The zero-order valence-corrected chi connectivity index (χ0v) is 18.5. The van der Waals surface area contributed by atoms with E-state index < -0.39 is 6.55 Å². The third kappa shape index (κ3) is 9.11. The highest BCUT2D eigenvalue weighted by molar-refractivity contribution is 14.0. The van der Waals surface area contributed by atoms with Gasteiger partial charge in [0, 0.05) is 25.0 Å². The lowest BCUT2D eigenvalue weighted by Gasteiger charge is -2.21. The fourth-order valence-electron chi connectivity index (χ4n) is 2.58. The highest BCUT2D eigenvalue weighted by atomic mass is 127. The predicted octanol–water partition coefficient (Wildman–Crippen LogP) is 3.46. The highest BCUT2D eigenvalue weighted by Crippen LogP contribution is 2.12. The molecule has 0 saturated heterocycles. The van der Waals surface area contributed by atoms with Gasteiger partial charge in [0.2, 0.25) is 0 Å². The van der Waals surface area contributed by atoms with Gasteiger partial charge in [-0.1, -0.05) is 13.8 Å². The third-order valence-electron chi connectivity index (χ3n) is 4.07. The van der Waals surface area contributed by atoms with Crippen LogP contribution in [0.4, 0.5) is 8.78 Å². The molecule has 0 saturated carbocycles. The summed E-state index contributed by atoms with van der Waals surface area (Å²) in [6.07, 6.45) is 4.76. The maximum absolute atomic E-state index is 12.8. The minimum atomic E-state index is -2.60. The molecule has 0 aromatic carbocycles. The van der Waals surface area contributed by atoms with Crippen LogP contribution in [0.2, 0.25) is 0 Å². The van der Waals surface area contributed by atoms with Gasteiger partial charge in [-0.05, 0) is 46.3 Å². The zero-order chi connectivity index (χ0) is 18.7. The maximum Gasteiger partial charge on any atom is 0.319 e. The van der Waals surface area contributed by atoms with Gasteiger partial charge in [-0.15, -0.1) is 24.0 Å². The Bertz CT molecular complexity index is 505. The summed E-state index contributed by atoms with van der Waals surface area (Å²) in [5.41, 5.74) is 0. The molecule has 0 aliphatic carbocycles. The summed E-state index contributed by atoms with van der Waals surface area (Å²) in [4.78, 5) is 10.7. The van der Waals surface area contributed by atoms with Crippen molar-refractivity contribution in [1.82, 2.24) is 25.1 Å². The van der Waals surface area contributed by atoms with Crippen LogP contribution in [0.3, 0.4) is 0 Å². The van der Waals surface area contributed by atoms with Crippen molar-refractivity contribution in [1.29, 1.82) is 0 Å². The first-order valence-electron chi connectivity index (χ1n) is 9.08. The van der Waals surface area contributed by atoms with Gasteiger partial charge >= 0.3 is 6.55 Å². The first-order chi connectivity index (χ1) is 12.0. The molecule has 0 fully saturated rings. The van der Waals surface area contributed by atoms with Crippen LogP contribution in [-0.2, 0) is 6.54 Å². The van der Waals surface area contributed by atoms with Crippen LogP contribution < -0.4 is 10.6 Å². The molecule has 1 heterocycles. The van der Waals surface area contributed by atoms with Gasteiger partial charge in [-0.2, -0.15) is 8.78 Å². The second kappa shape index (κ2) is 14.1. The van der Waals surface area contributed by atoms with Crippen molar-refractivity contribution >= 4 is 29.9 Å². The highest BCUT2D eigenvalue weighted by Gasteiger charge is 2.11. The van der Waals surface area contributed by atoms with Crippen molar-refractivity contribution in [3.8, 4) is 0 Å². The first kappa shape index (κ1) is 25.0. The number of nitrogens with zero attached hydrogens (tertiary/aromatic N) is 4. The molecule has 0 amide bonds. The maximum atomic E-state index is 12.8. The SMILES string of the molecule is CCNC(=NCc1nccn1C(F)F)NC(C)CCCN(CC)CC.I. The number of halogens is 3. The molecule has 0 aliphatic heterocycles. The Morgan fingerprint density at radius 3 is 2.58 bits per heavy atom. The Morgan fingerprint density at radius 1 is 1.31 bits per heavy atom. The molecule has 0 spiro atoms. The molecule has 6 nitrogen and oxygen atoms in total. The average molecular weight is 486 g/mol. The summed E-state index contributed by atoms with van der Waals surface area (Å²) in [6.45, 7) is 9.87. The molecule has 2 N–H and O–H groups in total. The van der Waals surface area contributed by atoms with E-state index in [1.54, 1.807) is 0 Å². The Kier molecular flexibility index (Phi) is 13.6. The number of hydrogen-bond acceptors (Lipinski definition) is 3. The van der Waals surface area contributed by atoms with E-state index in [-0.39, 0.29) is 42.4 Å². The summed E-state index contributed by atoms with van der Waals surface area (Å²) in [5, 5.41) is 6.48. The van der Waals surface area contributed by atoms with Gasteiger partial charge in [-0.25, -0.2) is 9.98 Å². The molecule has 0 aliphatic rings. The molecule has 1 aromatic heterocycles. The van der Waals surface area contributed by atoms with Gasteiger partial charge < -0.3 is 15.5 Å². The number of aromatic nitrogens is 2. The van der Waals surface area contributed by atoms with Crippen molar-refractivity contribution in [2.75, 3.05) is 26.2 Å². The van der Waals surface area contributed by atoms with Crippen molar-refractivity contribution in [3.63, 3.8) is 0 Å². The average Bonchev–Trinajstić information content (AvgIpc) is 3.05. The van der Waals surface area contributed by atoms with Crippen molar-refractivity contribution in [3.05, 3.63) is 18.2 Å². The van der Waals surface area contributed by atoms with E-state index >= 15 is 0 Å². The predicted molar refractivity (Wildman–Crippen MR) is 113 cm³/mol. The van der Waals surface area contributed by atoms with Crippen molar-refractivity contribution in [2.45, 2.75) is 59.7 Å². The fraction of sp³-hybridized carbons (Fsp3) is 0.765. The van der Waals surface area contributed by atoms with E-state index in [4.69, 9.17) is 0 Å². The van der Waals surface area contributed by atoms with Crippen molar-refractivity contribution < 1.29 is 8.78 Å². The first-order valence-corrected chi connectivity index (χ1v) is 9.08. The molecule has 152 valence electrons. The summed E-state index contributed by atoms with van der Waals surface area (Å²) in [5.74, 6) is 0.878. The smallest absolute Gasteiger partial charge is 0.319 e. The van der Waals surface area contributed by atoms with Gasteiger partial charge in [0.15, 0.2) is 5.96 Å². The Balaban J connectivity index is 0.00000625. The number of alkyl halides is 2. The number of hydrogen-bond donors (Lipinski definition) is 2. The summed E-state index contributed by atoms with van der Waals surface area (Å²) in [7, 11) is 0. The molecule has 1 rings (SSSR count). The topological polar surface area (TPSA) is 57.5 Å². The van der Waals surface area contributed by atoms with Crippen LogP contribution in [0.5, 0.6) is 0 Å². The molecule has 1 unspecified atom stereocenters. The van der Waals surface area contributed by atoms with Gasteiger partial charge in [0.1, 0.15) is 12.4 Å². The molecule has 0 radical (unpaired) electrons. The number of rotatable bonds is 11. The zero-order valence-electron chi connectivity index (χ0n) is 16.2. The molecule has 26 heavy (non-hydrogen) atoms. The van der Waals surface area contributed by atoms with E-state index in [2.05, 4.69) is 46.3 Å². The van der Waals surface area contributed by atoms with Crippen LogP contribution in [0.25, 0.3) is 0 Å². The summed E-state index contributed by atoms with van der Waals surface area (Å²) in [6, 6.07) is 0.253. The Labute approximate surface area is 172 Å². The fourth-order valence-corrected chi connectivity index (χ4v) is 2.58. The summed E-state index contributed by atoms with van der Waals surface area (Å²) < 4.78 is 26.5. The summed E-state index contributed by atoms with van der Waals surface area (Å²) >= 11 is 0. The molecule has 9 heteroatoms. The molecule has 0 bridgehead atoms. The molecule has 1 atom stereocenters. The lowest BCUT2D eigenvalue weighted by atomic mass is 10.2. The van der Waals surface area contributed by atoms with Crippen LogP contribution in [0.1, 0.15) is 52.9 Å². The van der Waals surface area contributed by atoms with Crippen LogP contribution in [0.15, 0.2) is 17.4 Å². The number of aliphatic imine (C=N–C) groups is 1. The van der Waals surface area contributed by atoms with Gasteiger partial charge in [0.25, 0.3) is 0 Å². The second-order valence-electron chi connectivity index (χ2n) is 5.94. The third-order valence-corrected chi connectivity index (χ3v) is 4.07. The van der Waals surface area contributed by atoms with Gasteiger partial charge in [0.05, 0.1) is 0 Å². The number of imidazole rings is 1. The standard InChI is InChI=1S/C17H32F2N6.HI/c1-5-20-17(22-13-15-21-10-12-25(15)16(18)19)23-14(4)9-8-11-24(6-2)7-3;/h10,12,14,16H,5-9,11,13H2,1-4H3,(H2,20,22,23);1H. The van der Waals surface area contributed by atoms with E-state index in [1.807, 2.05) is 6.92 Å². The largest absolute Gasteiger partial charge is 0.357 e. The van der Waals surface area contributed by atoms with Crippen LogP contribution in [-0.4, -0.2) is 52.6 Å². The van der Waals surface area contributed by atoms with Gasteiger partial charge in [-0.3, -0.25) is 4.57 Å². The molecular weight excluding hydrogens is 453 g/mol. The molecular formula is C17H33F2IN6. The van der Waals surface area contributed by atoms with E-state index in [0.29, 0.717) is 12.5 Å². The number of guanidine groups is 1. The number of nitrogens with one attached hydrogen (secondary N) is 2. The quantitative estimate of drug-likeness (QED) is 0.286. The lowest BCUT2D eigenvalue weighted by Crippen LogP contribution is -2.42. The lowest BCUT2D eigenvalue weighted by molar-refractivity contribution is 0.0671. The van der Waals surface area contributed by atoms with Crippen molar-refractivity contribution in [2.24, 2.45) is 4.99 Å². The minimum absolute atomic E-state index is 0. The second-order valence-corrected chi connectivity index (χ2v) is 5.94. The van der Waals surface area contributed by atoms with E-state index in [9.17, 15) is 8.78 Å². The molecule has 1 aromatic rings.